The minimum Gasteiger partial charge on any atom is -0.490 e. The highest BCUT2D eigenvalue weighted by Gasteiger charge is 2.05. The second kappa shape index (κ2) is 9.11. The number of nitrogens with one attached hydrogen (secondary N) is 1. The van der Waals surface area contributed by atoms with E-state index in [0.717, 1.165) is 31.0 Å². The van der Waals surface area contributed by atoms with Gasteiger partial charge < -0.3 is 14.8 Å². The van der Waals surface area contributed by atoms with Gasteiger partial charge in [-0.3, -0.25) is 0 Å². The monoisotopic (exact) mass is 299 g/mol. The van der Waals surface area contributed by atoms with E-state index in [1.807, 2.05) is 26.0 Å². The molecule has 118 valence electrons. The van der Waals surface area contributed by atoms with Gasteiger partial charge >= 0.3 is 0 Å². The van der Waals surface area contributed by atoms with Crippen LogP contribution >= 0.6 is 0 Å². The fourth-order valence-corrected chi connectivity index (χ4v) is 2.32. The maximum atomic E-state index is 5.65. The molecule has 0 bridgehead atoms. The molecule has 0 saturated heterocycles. The third-order valence-corrected chi connectivity index (χ3v) is 3.37. The predicted molar refractivity (Wildman–Crippen MR) is 90.6 cm³/mol. The molecule has 0 fully saturated rings. The summed E-state index contributed by atoms with van der Waals surface area (Å²) in [4.78, 5) is 0. The molecule has 2 rings (SSSR count). The van der Waals surface area contributed by atoms with Crippen molar-refractivity contribution in [2.24, 2.45) is 0 Å². The van der Waals surface area contributed by atoms with E-state index in [1.165, 1.54) is 11.1 Å². The molecule has 2 aromatic rings. The van der Waals surface area contributed by atoms with Crippen LogP contribution in [0.1, 0.15) is 25.0 Å². The van der Waals surface area contributed by atoms with Gasteiger partial charge in [0, 0.05) is 6.54 Å². The number of hydrogen-bond acceptors (Lipinski definition) is 3. The van der Waals surface area contributed by atoms with Crippen molar-refractivity contribution in [1.29, 1.82) is 0 Å². The standard InChI is InChI=1S/C19H25NO2/c1-3-21-18-11-10-17(14-19(18)22-4-2)15-20-13-12-16-8-6-5-7-9-16/h5-11,14,20H,3-4,12-13,15H2,1-2H3. The number of ether oxygens (including phenoxy) is 2. The molecule has 0 aliphatic carbocycles. The maximum Gasteiger partial charge on any atom is 0.161 e. The Kier molecular flexibility index (Phi) is 6.78. The molecule has 22 heavy (non-hydrogen) atoms. The third-order valence-electron chi connectivity index (χ3n) is 3.37. The van der Waals surface area contributed by atoms with Crippen molar-refractivity contribution < 1.29 is 9.47 Å². The lowest BCUT2D eigenvalue weighted by Crippen LogP contribution is -2.16. The molecule has 3 heteroatoms. The summed E-state index contributed by atoms with van der Waals surface area (Å²) in [6.07, 6.45) is 1.04. The summed E-state index contributed by atoms with van der Waals surface area (Å²) >= 11 is 0. The summed E-state index contributed by atoms with van der Waals surface area (Å²) in [6.45, 7) is 7.05. The van der Waals surface area contributed by atoms with Gasteiger partial charge in [0.25, 0.3) is 0 Å². The fourth-order valence-electron chi connectivity index (χ4n) is 2.32. The summed E-state index contributed by atoms with van der Waals surface area (Å²) in [5.41, 5.74) is 2.57. The van der Waals surface area contributed by atoms with Crippen LogP contribution in [0.15, 0.2) is 48.5 Å². The first-order valence-corrected chi connectivity index (χ1v) is 7.96. The van der Waals surface area contributed by atoms with Crippen LogP contribution in [0.25, 0.3) is 0 Å². The van der Waals surface area contributed by atoms with Crippen molar-refractivity contribution in [3.8, 4) is 11.5 Å². The topological polar surface area (TPSA) is 30.5 Å². The number of rotatable bonds is 9. The SMILES string of the molecule is CCOc1ccc(CNCCc2ccccc2)cc1OCC. The average Bonchev–Trinajstić information content (AvgIpc) is 2.55. The largest absolute Gasteiger partial charge is 0.490 e. The predicted octanol–water partition coefficient (Wildman–Crippen LogP) is 3.82. The molecule has 0 aromatic heterocycles. The minimum absolute atomic E-state index is 0.644. The Labute approximate surface area is 133 Å². The minimum atomic E-state index is 0.644. The molecule has 2 aromatic carbocycles. The Morgan fingerprint density at radius 3 is 2.27 bits per heavy atom. The second-order valence-electron chi connectivity index (χ2n) is 5.06. The highest BCUT2D eigenvalue weighted by molar-refractivity contribution is 5.43. The van der Waals surface area contributed by atoms with E-state index >= 15 is 0 Å². The number of benzene rings is 2. The summed E-state index contributed by atoms with van der Waals surface area (Å²) in [5, 5.41) is 3.47. The van der Waals surface area contributed by atoms with Gasteiger partial charge in [0.15, 0.2) is 11.5 Å². The van der Waals surface area contributed by atoms with E-state index in [4.69, 9.17) is 9.47 Å². The lowest BCUT2D eigenvalue weighted by atomic mass is 10.1. The molecule has 0 amide bonds. The molecular weight excluding hydrogens is 274 g/mol. The molecule has 1 N–H and O–H groups in total. The van der Waals surface area contributed by atoms with Crippen molar-refractivity contribution in [2.45, 2.75) is 26.8 Å². The van der Waals surface area contributed by atoms with Crippen LogP contribution in [0.2, 0.25) is 0 Å². The van der Waals surface area contributed by atoms with E-state index in [9.17, 15) is 0 Å². The van der Waals surface area contributed by atoms with Gasteiger partial charge in [-0.15, -0.1) is 0 Å². The summed E-state index contributed by atoms with van der Waals surface area (Å²) in [5.74, 6) is 1.64. The Balaban J connectivity index is 1.85. The Hall–Kier alpha value is -2.00. The molecule has 0 aliphatic rings. The second-order valence-corrected chi connectivity index (χ2v) is 5.06. The van der Waals surface area contributed by atoms with Gasteiger partial charge in [-0.05, 0) is 50.1 Å². The summed E-state index contributed by atoms with van der Waals surface area (Å²) in [7, 11) is 0. The highest BCUT2D eigenvalue weighted by atomic mass is 16.5. The lowest BCUT2D eigenvalue weighted by molar-refractivity contribution is 0.287. The van der Waals surface area contributed by atoms with Crippen molar-refractivity contribution in [1.82, 2.24) is 5.32 Å². The van der Waals surface area contributed by atoms with Crippen LogP contribution < -0.4 is 14.8 Å². The van der Waals surface area contributed by atoms with Crippen molar-refractivity contribution >= 4 is 0 Å². The lowest BCUT2D eigenvalue weighted by Gasteiger charge is -2.13. The first-order valence-electron chi connectivity index (χ1n) is 7.96. The van der Waals surface area contributed by atoms with Gasteiger partial charge in [0.05, 0.1) is 13.2 Å². The number of hydrogen-bond donors (Lipinski definition) is 1. The zero-order valence-corrected chi connectivity index (χ0v) is 13.5. The molecule has 0 heterocycles. The summed E-state index contributed by atoms with van der Waals surface area (Å²) < 4.78 is 11.2. The van der Waals surface area contributed by atoms with Gasteiger partial charge in [0.2, 0.25) is 0 Å². The van der Waals surface area contributed by atoms with Crippen LogP contribution in [0.4, 0.5) is 0 Å². The average molecular weight is 299 g/mol. The van der Waals surface area contributed by atoms with Crippen LogP contribution in [0.5, 0.6) is 11.5 Å². The molecule has 0 aliphatic heterocycles. The van der Waals surface area contributed by atoms with Crippen molar-refractivity contribution in [3.63, 3.8) is 0 Å². The Morgan fingerprint density at radius 1 is 0.818 bits per heavy atom. The first-order chi connectivity index (χ1) is 10.8. The normalized spacial score (nSPS) is 10.5. The smallest absolute Gasteiger partial charge is 0.161 e. The maximum absolute atomic E-state index is 5.65. The quantitative estimate of drug-likeness (QED) is 0.714. The van der Waals surface area contributed by atoms with E-state index < -0.39 is 0 Å². The van der Waals surface area contributed by atoms with Gasteiger partial charge in [-0.25, -0.2) is 0 Å². The van der Waals surface area contributed by atoms with Crippen molar-refractivity contribution in [2.75, 3.05) is 19.8 Å². The van der Waals surface area contributed by atoms with Crippen LogP contribution in [-0.4, -0.2) is 19.8 Å². The van der Waals surface area contributed by atoms with E-state index in [1.54, 1.807) is 0 Å². The molecule has 0 unspecified atom stereocenters. The van der Waals surface area contributed by atoms with Gasteiger partial charge in [0.1, 0.15) is 0 Å². The Bertz CT molecular complexity index is 555. The molecule has 0 atom stereocenters. The van der Waals surface area contributed by atoms with E-state index in [2.05, 4.69) is 41.7 Å². The third kappa shape index (κ3) is 5.08. The molecule has 0 saturated carbocycles. The van der Waals surface area contributed by atoms with Gasteiger partial charge in [-0.1, -0.05) is 36.4 Å². The van der Waals surface area contributed by atoms with Crippen LogP contribution in [-0.2, 0) is 13.0 Å². The molecule has 3 nitrogen and oxygen atoms in total. The molecule has 0 radical (unpaired) electrons. The van der Waals surface area contributed by atoms with E-state index in [-0.39, 0.29) is 0 Å². The summed E-state index contributed by atoms with van der Waals surface area (Å²) in [6, 6.07) is 16.7. The first kappa shape index (κ1) is 16.4. The van der Waals surface area contributed by atoms with Crippen LogP contribution in [0, 0.1) is 0 Å². The highest BCUT2D eigenvalue weighted by Crippen LogP contribution is 2.28. The zero-order chi connectivity index (χ0) is 15.6. The van der Waals surface area contributed by atoms with E-state index in [0.29, 0.717) is 13.2 Å². The van der Waals surface area contributed by atoms with Gasteiger partial charge in [-0.2, -0.15) is 0 Å². The molecule has 0 spiro atoms. The molecular formula is C19H25NO2. The van der Waals surface area contributed by atoms with Crippen LogP contribution in [0.3, 0.4) is 0 Å². The fraction of sp³-hybridized carbons (Fsp3) is 0.368. The zero-order valence-electron chi connectivity index (χ0n) is 13.5. The van der Waals surface area contributed by atoms with Crippen molar-refractivity contribution in [3.05, 3.63) is 59.7 Å². The Morgan fingerprint density at radius 2 is 1.55 bits per heavy atom.